The van der Waals surface area contributed by atoms with Gasteiger partial charge in [0, 0.05) is 12.5 Å². The highest BCUT2D eigenvalue weighted by molar-refractivity contribution is 6.38. The fraction of sp³-hybridized carbons (Fsp3) is 0.182. The van der Waals surface area contributed by atoms with Gasteiger partial charge in [-0.05, 0) is 30.5 Å². The molecule has 0 unspecified atom stereocenters. The number of carbonyl (C=O) groups excluding carboxylic acids is 3. The molecule has 0 spiro atoms. The molecule has 8 heteroatoms. The number of carbonyl (C=O) groups is 3. The molecule has 0 aliphatic heterocycles. The summed E-state index contributed by atoms with van der Waals surface area (Å²) in [6.45, 7) is 1.61. The van der Waals surface area contributed by atoms with Crippen molar-refractivity contribution >= 4 is 17.6 Å². The highest BCUT2D eigenvalue weighted by atomic mass is 16.4. The number of hydrogen-bond acceptors (Lipinski definition) is 6. The molecule has 1 heterocycles. The Labute approximate surface area is 172 Å². The van der Waals surface area contributed by atoms with Gasteiger partial charge in [0.2, 0.25) is 11.5 Å². The number of ketones is 1. The van der Waals surface area contributed by atoms with Crippen LogP contribution in [0.15, 0.2) is 59.0 Å². The Bertz CT molecular complexity index is 1060. The van der Waals surface area contributed by atoms with Gasteiger partial charge in [0.05, 0.1) is 6.04 Å². The van der Waals surface area contributed by atoms with Crippen molar-refractivity contribution in [2.24, 2.45) is 5.73 Å². The van der Waals surface area contributed by atoms with Crippen molar-refractivity contribution in [3.63, 3.8) is 0 Å². The van der Waals surface area contributed by atoms with E-state index in [4.69, 9.17) is 10.2 Å². The SMILES string of the molecule is Cc1nc(-c2ccccc2)c(C(=O)N[C@@H](CCc2ccc(O)cc2)C(=O)C(N)=O)o1. The molecule has 3 aromatic rings. The van der Waals surface area contributed by atoms with Gasteiger partial charge in [-0.1, -0.05) is 42.5 Å². The standard InChI is InChI=1S/C22H21N3O5/c1-13-24-18(15-5-3-2-4-6-15)20(30-13)22(29)25-17(19(27)21(23)28)12-9-14-7-10-16(26)11-8-14/h2-8,10-11,17,26H,9,12H2,1H3,(H2,23,28)(H,25,29)/t17-/m0/s1. The van der Waals surface area contributed by atoms with Crippen molar-refractivity contribution in [2.45, 2.75) is 25.8 Å². The van der Waals surface area contributed by atoms with Crippen LogP contribution >= 0.6 is 0 Å². The van der Waals surface area contributed by atoms with Crippen LogP contribution in [0.3, 0.4) is 0 Å². The van der Waals surface area contributed by atoms with E-state index in [0.717, 1.165) is 5.56 Å². The molecular weight excluding hydrogens is 386 g/mol. The topological polar surface area (TPSA) is 136 Å². The van der Waals surface area contributed by atoms with E-state index in [9.17, 15) is 19.5 Å². The molecule has 8 nitrogen and oxygen atoms in total. The summed E-state index contributed by atoms with van der Waals surface area (Å²) < 4.78 is 5.47. The quantitative estimate of drug-likeness (QED) is 0.490. The van der Waals surface area contributed by atoms with Crippen LogP contribution in [0, 0.1) is 6.92 Å². The van der Waals surface area contributed by atoms with E-state index in [0.29, 0.717) is 23.6 Å². The van der Waals surface area contributed by atoms with E-state index >= 15 is 0 Å². The number of phenolic OH excluding ortho intramolecular Hbond substituents is 1. The number of oxazole rings is 1. The fourth-order valence-corrected chi connectivity index (χ4v) is 3.01. The monoisotopic (exact) mass is 407 g/mol. The summed E-state index contributed by atoms with van der Waals surface area (Å²) in [7, 11) is 0. The zero-order valence-corrected chi connectivity index (χ0v) is 16.3. The summed E-state index contributed by atoms with van der Waals surface area (Å²) >= 11 is 0. The lowest BCUT2D eigenvalue weighted by molar-refractivity contribution is -0.137. The summed E-state index contributed by atoms with van der Waals surface area (Å²) in [6.07, 6.45) is 0.525. The van der Waals surface area contributed by atoms with Crippen LogP contribution < -0.4 is 11.1 Å². The van der Waals surface area contributed by atoms with Crippen molar-refractivity contribution in [3.05, 3.63) is 71.8 Å². The number of primary amides is 1. The normalized spacial score (nSPS) is 11.6. The molecule has 0 aliphatic carbocycles. The predicted octanol–water partition coefficient (Wildman–Crippen LogP) is 2.14. The van der Waals surface area contributed by atoms with E-state index in [2.05, 4.69) is 10.3 Å². The van der Waals surface area contributed by atoms with Gasteiger partial charge in [-0.25, -0.2) is 4.98 Å². The van der Waals surface area contributed by atoms with Gasteiger partial charge in [-0.2, -0.15) is 0 Å². The first-order valence-corrected chi connectivity index (χ1v) is 9.30. The lowest BCUT2D eigenvalue weighted by Gasteiger charge is -2.16. The van der Waals surface area contributed by atoms with Crippen molar-refractivity contribution in [2.75, 3.05) is 0 Å². The largest absolute Gasteiger partial charge is 0.508 e. The van der Waals surface area contributed by atoms with Gasteiger partial charge in [-0.15, -0.1) is 0 Å². The Morgan fingerprint density at radius 2 is 1.77 bits per heavy atom. The van der Waals surface area contributed by atoms with Gasteiger partial charge in [-0.3, -0.25) is 14.4 Å². The lowest BCUT2D eigenvalue weighted by Crippen LogP contribution is -2.46. The molecule has 0 fully saturated rings. The third-order valence-electron chi connectivity index (χ3n) is 4.51. The molecule has 30 heavy (non-hydrogen) atoms. The first kappa shape index (κ1) is 20.8. The number of amides is 2. The molecule has 3 rings (SSSR count). The van der Waals surface area contributed by atoms with Gasteiger partial charge < -0.3 is 20.6 Å². The Morgan fingerprint density at radius 1 is 1.10 bits per heavy atom. The van der Waals surface area contributed by atoms with Gasteiger partial charge in [0.1, 0.15) is 11.4 Å². The van der Waals surface area contributed by atoms with E-state index in [-0.39, 0.29) is 17.9 Å². The smallest absolute Gasteiger partial charge is 0.289 e. The second-order valence-corrected chi connectivity index (χ2v) is 6.74. The third-order valence-corrected chi connectivity index (χ3v) is 4.51. The molecule has 0 radical (unpaired) electrons. The number of nitrogens with one attached hydrogen (secondary N) is 1. The minimum atomic E-state index is -1.14. The third kappa shape index (κ3) is 4.91. The Hall–Kier alpha value is -3.94. The van der Waals surface area contributed by atoms with Gasteiger partial charge in [0.25, 0.3) is 11.8 Å². The van der Waals surface area contributed by atoms with Crippen LogP contribution in [-0.4, -0.2) is 33.7 Å². The molecule has 2 amide bonds. The number of nitrogens with two attached hydrogens (primary N) is 1. The number of benzene rings is 2. The van der Waals surface area contributed by atoms with E-state index in [1.807, 2.05) is 6.07 Å². The predicted molar refractivity (Wildman–Crippen MR) is 109 cm³/mol. The minimum Gasteiger partial charge on any atom is -0.508 e. The first-order chi connectivity index (χ1) is 14.3. The molecule has 0 aliphatic rings. The van der Waals surface area contributed by atoms with Gasteiger partial charge in [0.15, 0.2) is 5.89 Å². The number of aromatic hydroxyl groups is 1. The van der Waals surface area contributed by atoms with Crippen LogP contribution in [0.4, 0.5) is 0 Å². The first-order valence-electron chi connectivity index (χ1n) is 9.30. The van der Waals surface area contributed by atoms with E-state index < -0.39 is 23.6 Å². The molecule has 1 atom stereocenters. The van der Waals surface area contributed by atoms with Crippen LogP contribution in [-0.2, 0) is 16.0 Å². The average Bonchev–Trinajstić information content (AvgIpc) is 3.14. The maximum absolute atomic E-state index is 12.9. The molecular formula is C22H21N3O5. The lowest BCUT2D eigenvalue weighted by atomic mass is 10.0. The Balaban J connectivity index is 1.80. The van der Waals surface area contributed by atoms with Crippen LogP contribution in [0.25, 0.3) is 11.3 Å². The highest BCUT2D eigenvalue weighted by Crippen LogP contribution is 2.24. The second kappa shape index (κ2) is 9.04. The Morgan fingerprint density at radius 3 is 2.40 bits per heavy atom. The second-order valence-electron chi connectivity index (χ2n) is 6.74. The number of Topliss-reactive ketones (excluding diaryl/α,β-unsaturated/α-hetero) is 1. The van der Waals surface area contributed by atoms with E-state index in [1.54, 1.807) is 43.3 Å². The van der Waals surface area contributed by atoms with Crippen LogP contribution in [0.5, 0.6) is 5.75 Å². The highest BCUT2D eigenvalue weighted by Gasteiger charge is 2.28. The Kier molecular flexibility index (Phi) is 6.26. The minimum absolute atomic E-state index is 0.0504. The molecule has 4 N–H and O–H groups in total. The number of nitrogens with zero attached hydrogens (tertiary/aromatic N) is 1. The molecule has 154 valence electrons. The molecule has 0 bridgehead atoms. The van der Waals surface area contributed by atoms with Gasteiger partial charge >= 0.3 is 0 Å². The number of phenols is 1. The fourth-order valence-electron chi connectivity index (χ4n) is 3.01. The maximum atomic E-state index is 12.9. The summed E-state index contributed by atoms with van der Waals surface area (Å²) in [6, 6.07) is 14.3. The van der Waals surface area contributed by atoms with Crippen molar-refractivity contribution < 1.29 is 23.9 Å². The molecule has 0 saturated heterocycles. The average molecular weight is 407 g/mol. The maximum Gasteiger partial charge on any atom is 0.289 e. The summed E-state index contributed by atoms with van der Waals surface area (Å²) in [5.41, 5.74) is 7.00. The zero-order valence-electron chi connectivity index (χ0n) is 16.3. The number of rotatable bonds is 8. The van der Waals surface area contributed by atoms with Crippen molar-refractivity contribution in [3.8, 4) is 17.0 Å². The number of hydrogen-bond donors (Lipinski definition) is 3. The molecule has 2 aromatic carbocycles. The molecule has 1 aromatic heterocycles. The zero-order chi connectivity index (χ0) is 21.7. The van der Waals surface area contributed by atoms with Crippen molar-refractivity contribution in [1.29, 1.82) is 0 Å². The molecule has 0 saturated carbocycles. The van der Waals surface area contributed by atoms with E-state index in [1.165, 1.54) is 12.1 Å². The summed E-state index contributed by atoms with van der Waals surface area (Å²) in [5.74, 6) is -2.35. The number of aryl methyl sites for hydroxylation is 2. The van der Waals surface area contributed by atoms with Crippen molar-refractivity contribution in [1.82, 2.24) is 10.3 Å². The summed E-state index contributed by atoms with van der Waals surface area (Å²) in [5, 5.41) is 11.9. The van der Waals surface area contributed by atoms with Crippen LogP contribution in [0.2, 0.25) is 0 Å². The number of aromatic nitrogens is 1. The van der Waals surface area contributed by atoms with Crippen LogP contribution in [0.1, 0.15) is 28.4 Å². The summed E-state index contributed by atoms with van der Waals surface area (Å²) in [4.78, 5) is 40.9.